The zero-order valence-electron chi connectivity index (χ0n) is 21.2. The Morgan fingerprint density at radius 1 is 1.11 bits per heavy atom. The van der Waals surface area contributed by atoms with Crippen LogP contribution in [0.5, 0.6) is 5.75 Å². The first kappa shape index (κ1) is 26.0. The van der Waals surface area contributed by atoms with Crippen molar-refractivity contribution in [1.82, 2.24) is 10.1 Å². The van der Waals surface area contributed by atoms with Gasteiger partial charge >= 0.3 is 12.1 Å². The zero-order chi connectivity index (χ0) is 25.7. The van der Waals surface area contributed by atoms with Crippen LogP contribution in [0.1, 0.15) is 64.5 Å². The number of aromatic hydroxyl groups is 1. The quantitative estimate of drug-likeness (QED) is 0.501. The number of benzene rings is 1. The molecule has 4 atom stereocenters. The average molecular weight is 501 g/mol. The normalized spacial score (nSPS) is 24.0. The summed E-state index contributed by atoms with van der Waals surface area (Å²) >= 11 is 0. The Morgan fingerprint density at radius 2 is 1.86 bits per heavy atom. The Morgan fingerprint density at radius 3 is 2.61 bits per heavy atom. The van der Waals surface area contributed by atoms with Gasteiger partial charge in [0.1, 0.15) is 24.3 Å². The van der Waals surface area contributed by atoms with Gasteiger partial charge in [-0.1, -0.05) is 23.7 Å². The number of hydrogen-bond donors (Lipinski definition) is 1. The van der Waals surface area contributed by atoms with Crippen LogP contribution in [-0.2, 0) is 25.6 Å². The SMILES string of the molecule is CC(C)OC(=O)[C@H]1CCC[C@@H](OC2CCC(N(C)C(=O)OCc3nocc3-c3ccc(O)cc3)C2)C1. The number of esters is 1. The molecule has 1 amide bonds. The van der Waals surface area contributed by atoms with Crippen LogP contribution < -0.4 is 0 Å². The first-order chi connectivity index (χ1) is 17.3. The fraction of sp³-hybridized carbons (Fsp3) is 0.593. The molecule has 2 saturated carbocycles. The van der Waals surface area contributed by atoms with Gasteiger partial charge in [-0.2, -0.15) is 0 Å². The number of nitrogens with zero attached hydrogens (tertiary/aromatic N) is 2. The standard InChI is InChI=1S/C27H36N2O7/c1-17(2)35-26(31)19-5-4-6-22(13-19)36-23-12-9-20(14-23)29(3)27(32)33-16-25-24(15-34-28-25)18-7-10-21(30)11-8-18/h7-8,10-11,15,17,19-20,22-23,30H,4-6,9,12-14,16H2,1-3H3/t19-,20?,22+,23?/m0/s1. The van der Waals surface area contributed by atoms with Crippen LogP contribution in [0.15, 0.2) is 35.1 Å². The molecule has 9 nitrogen and oxygen atoms in total. The molecule has 0 aliphatic heterocycles. The summed E-state index contributed by atoms with van der Waals surface area (Å²) in [5, 5.41) is 13.5. The van der Waals surface area contributed by atoms with Gasteiger partial charge in [0, 0.05) is 18.7 Å². The van der Waals surface area contributed by atoms with E-state index in [1.165, 1.54) is 6.26 Å². The lowest BCUT2D eigenvalue weighted by molar-refractivity contribution is -0.156. The molecule has 4 rings (SSSR count). The molecule has 0 saturated heterocycles. The second-order valence-corrected chi connectivity index (χ2v) is 10.1. The van der Waals surface area contributed by atoms with E-state index < -0.39 is 6.09 Å². The van der Waals surface area contributed by atoms with Gasteiger partial charge in [-0.05, 0) is 70.1 Å². The van der Waals surface area contributed by atoms with Crippen LogP contribution in [0.4, 0.5) is 4.79 Å². The molecule has 1 aromatic heterocycles. The maximum Gasteiger partial charge on any atom is 0.410 e. The van der Waals surface area contributed by atoms with Crippen molar-refractivity contribution in [3.05, 3.63) is 36.2 Å². The first-order valence-corrected chi connectivity index (χ1v) is 12.8. The van der Waals surface area contributed by atoms with E-state index in [0.29, 0.717) is 17.7 Å². The maximum atomic E-state index is 12.7. The van der Waals surface area contributed by atoms with Crippen molar-refractivity contribution < 1.29 is 33.4 Å². The molecule has 1 heterocycles. The lowest BCUT2D eigenvalue weighted by Gasteiger charge is -2.30. The monoisotopic (exact) mass is 500 g/mol. The smallest absolute Gasteiger partial charge is 0.410 e. The number of phenolic OH excluding ortho intramolecular Hbond substituents is 1. The molecule has 0 spiro atoms. The number of amides is 1. The van der Waals surface area contributed by atoms with Crippen molar-refractivity contribution in [1.29, 1.82) is 0 Å². The Kier molecular flexibility index (Phi) is 8.51. The summed E-state index contributed by atoms with van der Waals surface area (Å²) < 4.78 is 22.4. The maximum absolute atomic E-state index is 12.7. The number of phenols is 1. The molecule has 2 aliphatic carbocycles. The number of ether oxygens (including phenoxy) is 3. The molecule has 2 aromatic rings. The molecule has 36 heavy (non-hydrogen) atoms. The lowest BCUT2D eigenvalue weighted by Crippen LogP contribution is -2.37. The Labute approximate surface area is 211 Å². The van der Waals surface area contributed by atoms with Crippen molar-refractivity contribution in [2.24, 2.45) is 5.92 Å². The van der Waals surface area contributed by atoms with E-state index in [-0.39, 0.29) is 48.6 Å². The molecule has 9 heteroatoms. The van der Waals surface area contributed by atoms with Crippen LogP contribution in [0.25, 0.3) is 11.1 Å². The number of carbonyl (C=O) groups excluding carboxylic acids is 2. The Hall–Kier alpha value is -3.07. The zero-order valence-corrected chi connectivity index (χ0v) is 21.2. The Bertz CT molecular complexity index is 1020. The minimum Gasteiger partial charge on any atom is -0.508 e. The second-order valence-electron chi connectivity index (χ2n) is 10.1. The van der Waals surface area contributed by atoms with Crippen molar-refractivity contribution in [2.45, 2.75) is 89.8 Å². The number of hydrogen-bond acceptors (Lipinski definition) is 8. The summed E-state index contributed by atoms with van der Waals surface area (Å²) in [5.41, 5.74) is 2.03. The van der Waals surface area contributed by atoms with Gasteiger partial charge in [-0.3, -0.25) is 4.79 Å². The largest absolute Gasteiger partial charge is 0.508 e. The fourth-order valence-corrected chi connectivity index (χ4v) is 5.10. The van der Waals surface area contributed by atoms with E-state index in [1.54, 1.807) is 36.2 Å². The number of aromatic nitrogens is 1. The third kappa shape index (κ3) is 6.57. The second kappa shape index (κ2) is 11.8. The van der Waals surface area contributed by atoms with Crippen LogP contribution in [-0.4, -0.2) is 58.6 Å². The molecular formula is C27H36N2O7. The Balaban J connectivity index is 1.24. The fourth-order valence-electron chi connectivity index (χ4n) is 5.10. The highest BCUT2D eigenvalue weighted by atomic mass is 16.6. The van der Waals surface area contributed by atoms with E-state index in [4.69, 9.17) is 18.7 Å². The van der Waals surface area contributed by atoms with E-state index in [0.717, 1.165) is 44.1 Å². The van der Waals surface area contributed by atoms with Gasteiger partial charge in [0.15, 0.2) is 0 Å². The van der Waals surface area contributed by atoms with E-state index in [2.05, 4.69) is 5.16 Å². The van der Waals surface area contributed by atoms with Gasteiger partial charge in [-0.15, -0.1) is 0 Å². The third-order valence-corrected chi connectivity index (χ3v) is 7.04. The van der Waals surface area contributed by atoms with Crippen molar-refractivity contribution in [3.63, 3.8) is 0 Å². The molecule has 2 aliphatic rings. The van der Waals surface area contributed by atoms with Gasteiger partial charge in [0.05, 0.1) is 24.2 Å². The highest BCUT2D eigenvalue weighted by Gasteiger charge is 2.35. The van der Waals surface area contributed by atoms with Crippen molar-refractivity contribution >= 4 is 12.1 Å². The number of rotatable bonds is 8. The van der Waals surface area contributed by atoms with Crippen LogP contribution in [0.3, 0.4) is 0 Å². The van der Waals surface area contributed by atoms with Gasteiger partial charge in [0.2, 0.25) is 0 Å². The predicted molar refractivity (Wildman–Crippen MR) is 131 cm³/mol. The summed E-state index contributed by atoms with van der Waals surface area (Å²) in [6, 6.07) is 6.69. The van der Waals surface area contributed by atoms with Crippen molar-refractivity contribution in [3.8, 4) is 16.9 Å². The summed E-state index contributed by atoms with van der Waals surface area (Å²) in [4.78, 5) is 26.7. The van der Waals surface area contributed by atoms with Gasteiger partial charge in [-0.25, -0.2) is 4.79 Å². The summed E-state index contributed by atoms with van der Waals surface area (Å²) in [5.74, 6) is -0.0460. The summed E-state index contributed by atoms with van der Waals surface area (Å²) in [6.07, 6.45) is 7.00. The predicted octanol–water partition coefficient (Wildman–Crippen LogP) is 5.06. The first-order valence-electron chi connectivity index (χ1n) is 12.8. The molecule has 1 aromatic carbocycles. The van der Waals surface area contributed by atoms with Gasteiger partial charge < -0.3 is 28.7 Å². The minimum absolute atomic E-state index is 0.0154. The topological polar surface area (TPSA) is 111 Å². The van der Waals surface area contributed by atoms with E-state index in [1.807, 2.05) is 13.8 Å². The van der Waals surface area contributed by atoms with Crippen molar-refractivity contribution in [2.75, 3.05) is 7.05 Å². The third-order valence-electron chi connectivity index (χ3n) is 7.04. The minimum atomic E-state index is -0.422. The highest BCUT2D eigenvalue weighted by molar-refractivity contribution is 5.72. The molecule has 2 fully saturated rings. The van der Waals surface area contributed by atoms with Crippen LogP contribution >= 0.6 is 0 Å². The molecule has 2 unspecified atom stereocenters. The molecule has 0 bridgehead atoms. The van der Waals surface area contributed by atoms with E-state index >= 15 is 0 Å². The highest BCUT2D eigenvalue weighted by Crippen LogP contribution is 2.33. The van der Waals surface area contributed by atoms with Crippen LogP contribution in [0, 0.1) is 5.92 Å². The lowest BCUT2D eigenvalue weighted by atomic mass is 9.87. The molecular weight excluding hydrogens is 464 g/mol. The van der Waals surface area contributed by atoms with E-state index in [9.17, 15) is 14.7 Å². The molecule has 1 N–H and O–H groups in total. The summed E-state index contributed by atoms with van der Waals surface area (Å²) in [7, 11) is 1.75. The number of carbonyl (C=O) groups is 2. The van der Waals surface area contributed by atoms with Gasteiger partial charge in [0.25, 0.3) is 0 Å². The average Bonchev–Trinajstić information content (AvgIpc) is 3.52. The molecule has 0 radical (unpaired) electrons. The summed E-state index contributed by atoms with van der Waals surface area (Å²) in [6.45, 7) is 3.73. The van der Waals surface area contributed by atoms with Crippen LogP contribution in [0.2, 0.25) is 0 Å². The molecule has 196 valence electrons.